The van der Waals surface area contributed by atoms with Crippen molar-refractivity contribution in [2.24, 2.45) is 0 Å². The lowest BCUT2D eigenvalue weighted by Crippen LogP contribution is -2.07. The zero-order valence-electron chi connectivity index (χ0n) is 13.7. The van der Waals surface area contributed by atoms with Crippen molar-refractivity contribution in [1.82, 2.24) is 10.2 Å². The molecular formula is C18H21N3O2S. The molecule has 0 fully saturated rings. The lowest BCUT2D eigenvalue weighted by Gasteiger charge is -1.99. The van der Waals surface area contributed by atoms with Crippen LogP contribution in [0.5, 0.6) is 5.75 Å². The van der Waals surface area contributed by atoms with Crippen molar-refractivity contribution in [3.63, 3.8) is 0 Å². The highest BCUT2D eigenvalue weighted by atomic mass is 32.1. The third kappa shape index (κ3) is 4.41. The Morgan fingerprint density at radius 3 is 3.17 bits per heavy atom. The lowest BCUT2D eigenvalue weighted by atomic mass is 10.1. The van der Waals surface area contributed by atoms with Gasteiger partial charge in [0.05, 0.1) is 6.61 Å². The summed E-state index contributed by atoms with van der Waals surface area (Å²) in [5, 5.41) is 12.4. The maximum absolute atomic E-state index is 12.0. The number of benzene rings is 1. The second kappa shape index (κ2) is 8.06. The van der Waals surface area contributed by atoms with E-state index >= 15 is 0 Å². The standard InChI is InChI=1S/C18H21N3O2S/c1-2-3-4-5-17-20-21-18(24-17)19-16(22)9-7-13-6-8-15-14(12-13)10-11-23-15/h6-9,12H,2-5,10-11H2,1H3,(H,19,21,22)/b9-7+. The number of carbonyl (C=O) groups excluding carboxylic acids is 1. The highest BCUT2D eigenvalue weighted by Gasteiger charge is 2.11. The molecule has 0 unspecified atom stereocenters. The summed E-state index contributed by atoms with van der Waals surface area (Å²) in [6.45, 7) is 2.91. The van der Waals surface area contributed by atoms with Crippen LogP contribution >= 0.6 is 11.3 Å². The number of nitrogens with one attached hydrogen (secondary N) is 1. The van der Waals surface area contributed by atoms with Gasteiger partial charge in [-0.05, 0) is 35.8 Å². The van der Waals surface area contributed by atoms with Crippen molar-refractivity contribution in [2.75, 3.05) is 11.9 Å². The van der Waals surface area contributed by atoms with E-state index in [1.807, 2.05) is 12.1 Å². The molecule has 0 bridgehead atoms. The minimum absolute atomic E-state index is 0.192. The average molecular weight is 343 g/mol. The molecule has 2 heterocycles. The number of hydrogen-bond acceptors (Lipinski definition) is 5. The molecule has 24 heavy (non-hydrogen) atoms. The van der Waals surface area contributed by atoms with Gasteiger partial charge >= 0.3 is 0 Å². The molecule has 2 aromatic rings. The van der Waals surface area contributed by atoms with Crippen LogP contribution < -0.4 is 10.1 Å². The number of carbonyl (C=O) groups is 1. The van der Waals surface area contributed by atoms with Gasteiger partial charge in [-0.3, -0.25) is 10.1 Å². The van der Waals surface area contributed by atoms with Crippen LogP contribution in [0.3, 0.4) is 0 Å². The van der Waals surface area contributed by atoms with Gasteiger partial charge in [-0.25, -0.2) is 0 Å². The van der Waals surface area contributed by atoms with Crippen molar-refractivity contribution in [2.45, 2.75) is 39.0 Å². The average Bonchev–Trinajstić information content (AvgIpc) is 3.22. The summed E-state index contributed by atoms with van der Waals surface area (Å²) in [4.78, 5) is 12.0. The van der Waals surface area contributed by atoms with E-state index in [4.69, 9.17) is 4.74 Å². The Labute approximate surface area is 145 Å². The Bertz CT molecular complexity index is 740. The summed E-state index contributed by atoms with van der Waals surface area (Å²) in [5.74, 6) is 0.754. The molecule has 0 saturated carbocycles. The number of rotatable bonds is 7. The smallest absolute Gasteiger partial charge is 0.250 e. The number of aryl methyl sites for hydroxylation is 1. The molecular weight excluding hydrogens is 322 g/mol. The number of nitrogens with zero attached hydrogens (tertiary/aromatic N) is 2. The maximum atomic E-state index is 12.0. The highest BCUT2D eigenvalue weighted by molar-refractivity contribution is 7.15. The van der Waals surface area contributed by atoms with Gasteiger partial charge in [0.15, 0.2) is 0 Å². The Kier molecular flexibility index (Phi) is 5.59. The van der Waals surface area contributed by atoms with Crippen LogP contribution in [0, 0.1) is 0 Å². The van der Waals surface area contributed by atoms with Gasteiger partial charge in [0.1, 0.15) is 10.8 Å². The number of hydrogen-bond donors (Lipinski definition) is 1. The van der Waals surface area contributed by atoms with Crippen molar-refractivity contribution < 1.29 is 9.53 Å². The Balaban J connectivity index is 1.53. The van der Waals surface area contributed by atoms with Crippen molar-refractivity contribution >= 4 is 28.5 Å². The molecule has 0 spiro atoms. The minimum Gasteiger partial charge on any atom is -0.493 e. The van der Waals surface area contributed by atoms with Gasteiger partial charge in [-0.2, -0.15) is 0 Å². The zero-order valence-corrected chi connectivity index (χ0v) is 14.6. The van der Waals surface area contributed by atoms with Gasteiger partial charge in [0.25, 0.3) is 0 Å². The van der Waals surface area contributed by atoms with E-state index in [1.165, 1.54) is 35.8 Å². The predicted octanol–water partition coefficient (Wildman–Crippen LogP) is 3.86. The fourth-order valence-electron chi connectivity index (χ4n) is 2.56. The molecule has 1 amide bonds. The number of fused-ring (bicyclic) bond motifs is 1. The van der Waals surface area contributed by atoms with Gasteiger partial charge < -0.3 is 4.74 Å². The summed E-state index contributed by atoms with van der Waals surface area (Å²) >= 11 is 1.45. The SMILES string of the molecule is CCCCCc1nnc(NC(=O)/C=C/c2ccc3c(c2)CCO3)s1. The van der Waals surface area contributed by atoms with E-state index in [0.717, 1.165) is 42.2 Å². The minimum atomic E-state index is -0.192. The molecule has 6 heteroatoms. The van der Waals surface area contributed by atoms with Crippen LogP contribution in [0.2, 0.25) is 0 Å². The largest absolute Gasteiger partial charge is 0.493 e. The molecule has 126 valence electrons. The first-order chi connectivity index (χ1) is 11.7. The molecule has 1 aliphatic rings. The quantitative estimate of drug-likeness (QED) is 0.612. The molecule has 3 rings (SSSR count). The van der Waals surface area contributed by atoms with Crippen LogP contribution in [-0.2, 0) is 17.6 Å². The number of aromatic nitrogens is 2. The van der Waals surface area contributed by atoms with E-state index in [9.17, 15) is 4.79 Å². The molecule has 1 aliphatic heterocycles. The zero-order chi connectivity index (χ0) is 16.8. The fourth-order valence-corrected chi connectivity index (χ4v) is 3.35. The predicted molar refractivity (Wildman–Crippen MR) is 96.4 cm³/mol. The first kappa shape index (κ1) is 16.6. The molecule has 0 radical (unpaired) electrons. The number of anilines is 1. The van der Waals surface area contributed by atoms with Crippen molar-refractivity contribution in [1.29, 1.82) is 0 Å². The van der Waals surface area contributed by atoms with E-state index in [1.54, 1.807) is 6.08 Å². The normalized spacial score (nSPS) is 13.0. The van der Waals surface area contributed by atoms with E-state index in [-0.39, 0.29) is 5.91 Å². The van der Waals surface area contributed by atoms with Crippen LogP contribution in [0.15, 0.2) is 24.3 Å². The first-order valence-corrected chi connectivity index (χ1v) is 9.13. The number of amides is 1. The lowest BCUT2D eigenvalue weighted by molar-refractivity contribution is -0.111. The molecule has 0 atom stereocenters. The summed E-state index contributed by atoms with van der Waals surface area (Å²) in [6.07, 6.45) is 8.66. The molecule has 0 aliphatic carbocycles. The van der Waals surface area contributed by atoms with Crippen LogP contribution in [-0.4, -0.2) is 22.7 Å². The summed E-state index contributed by atoms with van der Waals surface area (Å²) < 4.78 is 5.48. The van der Waals surface area contributed by atoms with Crippen LogP contribution in [0.4, 0.5) is 5.13 Å². The summed E-state index contributed by atoms with van der Waals surface area (Å²) in [5.41, 5.74) is 2.19. The molecule has 1 aromatic heterocycles. The summed E-state index contributed by atoms with van der Waals surface area (Å²) in [7, 11) is 0. The van der Waals surface area contributed by atoms with Crippen molar-refractivity contribution in [3.05, 3.63) is 40.4 Å². The Hall–Kier alpha value is -2.21. The molecule has 5 nitrogen and oxygen atoms in total. The highest BCUT2D eigenvalue weighted by Crippen LogP contribution is 2.26. The third-order valence-corrected chi connectivity index (χ3v) is 4.73. The first-order valence-electron chi connectivity index (χ1n) is 8.32. The Morgan fingerprint density at radius 1 is 1.38 bits per heavy atom. The molecule has 1 aromatic carbocycles. The van der Waals surface area contributed by atoms with Crippen LogP contribution in [0.1, 0.15) is 42.3 Å². The Morgan fingerprint density at radius 2 is 2.29 bits per heavy atom. The third-order valence-electron chi connectivity index (χ3n) is 3.83. The van der Waals surface area contributed by atoms with E-state index in [0.29, 0.717) is 5.13 Å². The number of unbranched alkanes of at least 4 members (excludes halogenated alkanes) is 2. The fraction of sp³-hybridized carbons (Fsp3) is 0.389. The van der Waals surface area contributed by atoms with Crippen molar-refractivity contribution in [3.8, 4) is 5.75 Å². The monoisotopic (exact) mass is 343 g/mol. The number of ether oxygens (including phenoxy) is 1. The van der Waals surface area contributed by atoms with Gasteiger partial charge in [0, 0.05) is 18.9 Å². The topological polar surface area (TPSA) is 64.1 Å². The second-order valence-electron chi connectivity index (χ2n) is 5.75. The molecule has 0 saturated heterocycles. The molecule has 1 N–H and O–H groups in total. The van der Waals surface area contributed by atoms with Crippen LogP contribution in [0.25, 0.3) is 6.08 Å². The van der Waals surface area contributed by atoms with E-state index in [2.05, 4.69) is 28.5 Å². The second-order valence-corrected chi connectivity index (χ2v) is 6.81. The maximum Gasteiger partial charge on any atom is 0.250 e. The summed E-state index contributed by atoms with van der Waals surface area (Å²) in [6, 6.07) is 5.96. The van der Waals surface area contributed by atoms with Gasteiger partial charge in [-0.1, -0.05) is 37.2 Å². The van der Waals surface area contributed by atoms with Gasteiger partial charge in [-0.15, -0.1) is 10.2 Å². The van der Waals surface area contributed by atoms with E-state index < -0.39 is 0 Å². The van der Waals surface area contributed by atoms with Gasteiger partial charge in [0.2, 0.25) is 11.0 Å².